The first-order chi connectivity index (χ1) is 11.2. The van der Waals surface area contributed by atoms with Crippen LogP contribution in [0.15, 0.2) is 6.07 Å². The molecule has 7 nitrogen and oxygen atoms in total. The molecule has 1 amide bonds. The number of aryl methyl sites for hydroxylation is 1. The molecule has 0 radical (unpaired) electrons. The Kier molecular flexibility index (Phi) is 4.06. The average Bonchev–Trinajstić information content (AvgIpc) is 2.90. The van der Waals surface area contributed by atoms with E-state index in [0.29, 0.717) is 31.0 Å². The van der Waals surface area contributed by atoms with Gasteiger partial charge >= 0.3 is 6.18 Å². The van der Waals surface area contributed by atoms with Crippen LogP contribution in [0.2, 0.25) is 0 Å². The lowest BCUT2D eigenvalue weighted by atomic mass is 9.93. The van der Waals surface area contributed by atoms with Crippen LogP contribution in [0.5, 0.6) is 0 Å². The van der Waals surface area contributed by atoms with Crippen molar-refractivity contribution in [3.63, 3.8) is 0 Å². The van der Waals surface area contributed by atoms with Crippen LogP contribution in [0, 0.1) is 12.8 Å². The van der Waals surface area contributed by atoms with Crippen molar-refractivity contribution in [3.05, 3.63) is 17.6 Å². The van der Waals surface area contributed by atoms with E-state index in [4.69, 9.17) is 5.73 Å². The number of aromatic nitrogens is 4. The van der Waals surface area contributed by atoms with Crippen molar-refractivity contribution in [1.82, 2.24) is 19.6 Å². The molecule has 1 aliphatic heterocycles. The zero-order valence-corrected chi connectivity index (χ0v) is 13.0. The smallest absolute Gasteiger partial charge is 0.370 e. The Balaban J connectivity index is 1.89. The lowest BCUT2D eigenvalue weighted by Gasteiger charge is -2.33. The van der Waals surface area contributed by atoms with Crippen LogP contribution in [0.25, 0.3) is 5.78 Å². The predicted molar refractivity (Wildman–Crippen MR) is 79.3 cm³/mol. The number of alkyl halides is 3. The van der Waals surface area contributed by atoms with Crippen LogP contribution in [-0.2, 0) is 11.0 Å². The molecule has 1 fully saturated rings. The topological polar surface area (TPSA) is 89.4 Å². The lowest BCUT2D eigenvalue weighted by Crippen LogP contribution is -2.36. The fourth-order valence-electron chi connectivity index (χ4n) is 2.96. The molecule has 0 aliphatic carbocycles. The SMILES string of the molecule is Cc1cc(N2CCC(CC(N)=O)CC2)n2nc(C(F)(F)F)nc2n1. The van der Waals surface area contributed by atoms with E-state index in [-0.39, 0.29) is 17.6 Å². The van der Waals surface area contributed by atoms with Gasteiger partial charge in [0.25, 0.3) is 11.6 Å². The van der Waals surface area contributed by atoms with Crippen molar-refractivity contribution in [2.45, 2.75) is 32.4 Å². The minimum atomic E-state index is -4.62. The highest BCUT2D eigenvalue weighted by Gasteiger charge is 2.37. The monoisotopic (exact) mass is 342 g/mol. The second kappa shape index (κ2) is 5.91. The van der Waals surface area contributed by atoms with Gasteiger partial charge in [0.1, 0.15) is 5.82 Å². The third-order valence-electron chi connectivity index (χ3n) is 4.10. The summed E-state index contributed by atoms with van der Waals surface area (Å²) >= 11 is 0. The molecule has 3 heterocycles. The Labute approximate surface area is 135 Å². The Bertz CT molecular complexity index is 764. The molecule has 1 aliphatic rings. The molecular weight excluding hydrogens is 325 g/mol. The highest BCUT2D eigenvalue weighted by Crippen LogP contribution is 2.29. The molecule has 2 N–H and O–H groups in total. The minimum Gasteiger partial charge on any atom is -0.370 e. The van der Waals surface area contributed by atoms with E-state index >= 15 is 0 Å². The van der Waals surface area contributed by atoms with Gasteiger partial charge in [0.05, 0.1) is 0 Å². The van der Waals surface area contributed by atoms with Crippen molar-refractivity contribution < 1.29 is 18.0 Å². The second-order valence-corrected chi connectivity index (χ2v) is 6.00. The van der Waals surface area contributed by atoms with Gasteiger partial charge in [0.15, 0.2) is 0 Å². The van der Waals surface area contributed by atoms with Gasteiger partial charge in [-0.15, -0.1) is 5.10 Å². The zero-order valence-electron chi connectivity index (χ0n) is 13.0. The van der Waals surface area contributed by atoms with Gasteiger partial charge in [0, 0.05) is 31.3 Å². The first kappa shape index (κ1) is 16.5. The maximum absolute atomic E-state index is 12.8. The molecule has 0 saturated carbocycles. The van der Waals surface area contributed by atoms with Crippen LogP contribution in [0.3, 0.4) is 0 Å². The summed E-state index contributed by atoms with van der Waals surface area (Å²) in [4.78, 5) is 20.4. The largest absolute Gasteiger partial charge is 0.453 e. The van der Waals surface area contributed by atoms with Crippen molar-refractivity contribution in [2.75, 3.05) is 18.0 Å². The molecule has 2 aromatic heterocycles. The van der Waals surface area contributed by atoms with Crippen LogP contribution >= 0.6 is 0 Å². The van der Waals surface area contributed by atoms with Gasteiger partial charge in [0.2, 0.25) is 5.91 Å². The Morgan fingerprint density at radius 3 is 2.58 bits per heavy atom. The highest BCUT2D eigenvalue weighted by molar-refractivity contribution is 5.74. The number of hydrogen-bond donors (Lipinski definition) is 1. The first-order valence-corrected chi connectivity index (χ1v) is 7.59. The molecular formula is C14H17F3N6O. The average molecular weight is 342 g/mol. The van der Waals surface area contributed by atoms with E-state index in [1.807, 2.05) is 4.90 Å². The van der Waals surface area contributed by atoms with Gasteiger partial charge in [-0.2, -0.15) is 22.7 Å². The summed E-state index contributed by atoms with van der Waals surface area (Å²) < 4.78 is 39.7. The van der Waals surface area contributed by atoms with E-state index in [0.717, 1.165) is 17.4 Å². The third-order valence-corrected chi connectivity index (χ3v) is 4.10. The summed E-state index contributed by atoms with van der Waals surface area (Å²) in [7, 11) is 0. The standard InChI is InChI=1S/C14H17F3N6O/c1-8-6-11(22-4-2-9(3-5-22)7-10(18)24)23-13(19-8)20-12(21-23)14(15,16)17/h6,9H,2-5,7H2,1H3,(H2,18,24). The van der Waals surface area contributed by atoms with Crippen LogP contribution in [0.1, 0.15) is 30.8 Å². The number of fused-ring (bicyclic) bond motifs is 1. The summed E-state index contributed by atoms with van der Waals surface area (Å²) in [6, 6.07) is 1.69. The van der Waals surface area contributed by atoms with Crippen molar-refractivity contribution in [3.8, 4) is 0 Å². The number of rotatable bonds is 3. The number of halogens is 3. The van der Waals surface area contributed by atoms with E-state index < -0.39 is 12.0 Å². The van der Waals surface area contributed by atoms with Gasteiger partial charge in [-0.3, -0.25) is 4.79 Å². The summed E-state index contributed by atoms with van der Waals surface area (Å²) in [6.07, 6.45) is -2.80. The Morgan fingerprint density at radius 2 is 2.00 bits per heavy atom. The van der Waals surface area contributed by atoms with Gasteiger partial charge in [-0.25, -0.2) is 4.98 Å². The number of amides is 1. The second-order valence-electron chi connectivity index (χ2n) is 6.00. The summed E-state index contributed by atoms with van der Waals surface area (Å²) in [5.74, 6) is -0.875. The number of carbonyl (C=O) groups is 1. The number of carbonyl (C=O) groups excluding carboxylic acids is 1. The number of primary amides is 1. The van der Waals surface area contributed by atoms with Gasteiger partial charge in [-0.05, 0) is 25.7 Å². The zero-order chi connectivity index (χ0) is 17.5. The van der Waals surface area contributed by atoms with Crippen LogP contribution < -0.4 is 10.6 Å². The predicted octanol–water partition coefficient (Wildman–Crippen LogP) is 1.54. The number of nitrogens with two attached hydrogens (primary N) is 1. The molecule has 3 rings (SSSR count). The maximum Gasteiger partial charge on any atom is 0.453 e. The van der Waals surface area contributed by atoms with E-state index in [9.17, 15) is 18.0 Å². The summed E-state index contributed by atoms with van der Waals surface area (Å²) in [5.41, 5.74) is 5.78. The van der Waals surface area contributed by atoms with Crippen LogP contribution in [0.4, 0.5) is 19.0 Å². The minimum absolute atomic E-state index is 0.0726. The van der Waals surface area contributed by atoms with Crippen molar-refractivity contribution in [2.24, 2.45) is 11.7 Å². The molecule has 130 valence electrons. The van der Waals surface area contributed by atoms with Crippen molar-refractivity contribution in [1.29, 1.82) is 0 Å². The molecule has 0 unspecified atom stereocenters. The van der Waals surface area contributed by atoms with Crippen molar-refractivity contribution >= 4 is 17.5 Å². The molecule has 0 atom stereocenters. The highest BCUT2D eigenvalue weighted by atomic mass is 19.4. The number of nitrogens with zero attached hydrogens (tertiary/aromatic N) is 5. The van der Waals surface area contributed by atoms with E-state index in [1.54, 1.807) is 13.0 Å². The first-order valence-electron chi connectivity index (χ1n) is 7.59. The van der Waals surface area contributed by atoms with Crippen LogP contribution in [-0.4, -0.2) is 38.6 Å². The normalized spacial score (nSPS) is 16.8. The van der Waals surface area contributed by atoms with E-state index in [2.05, 4.69) is 15.1 Å². The Hall–Kier alpha value is -2.39. The van der Waals surface area contributed by atoms with Gasteiger partial charge in [-0.1, -0.05) is 0 Å². The van der Waals surface area contributed by atoms with Gasteiger partial charge < -0.3 is 10.6 Å². The molecule has 0 bridgehead atoms. The lowest BCUT2D eigenvalue weighted by molar-refractivity contribution is -0.144. The molecule has 0 aromatic carbocycles. The molecule has 2 aromatic rings. The summed E-state index contributed by atoms with van der Waals surface area (Å²) in [5, 5.41) is 3.57. The number of anilines is 1. The number of hydrogen-bond acceptors (Lipinski definition) is 5. The maximum atomic E-state index is 12.8. The fraction of sp³-hybridized carbons (Fsp3) is 0.571. The van der Waals surface area contributed by atoms with E-state index in [1.165, 1.54) is 0 Å². The molecule has 24 heavy (non-hydrogen) atoms. The Morgan fingerprint density at radius 1 is 1.33 bits per heavy atom. The molecule has 10 heteroatoms. The molecule has 0 spiro atoms. The molecule has 1 saturated heterocycles. The fourth-order valence-corrected chi connectivity index (χ4v) is 2.96. The third kappa shape index (κ3) is 3.26. The summed E-state index contributed by atoms with van der Waals surface area (Å²) in [6.45, 7) is 2.92. The quantitative estimate of drug-likeness (QED) is 0.914. The number of piperidine rings is 1.